The Morgan fingerprint density at radius 2 is 2.00 bits per heavy atom. The maximum absolute atomic E-state index is 13.3. The van der Waals surface area contributed by atoms with Gasteiger partial charge in [-0.2, -0.15) is 5.10 Å². The number of carbonyl (C=O) groups is 1. The summed E-state index contributed by atoms with van der Waals surface area (Å²) in [6.45, 7) is 0.340. The molecule has 3 aromatic heterocycles. The van der Waals surface area contributed by atoms with E-state index in [1.54, 1.807) is 60.5 Å². The van der Waals surface area contributed by atoms with Crippen LogP contribution in [-0.2, 0) is 13.6 Å². The van der Waals surface area contributed by atoms with E-state index in [0.29, 0.717) is 33.7 Å². The predicted molar refractivity (Wildman–Crippen MR) is 109 cm³/mol. The van der Waals surface area contributed by atoms with Crippen LogP contribution in [-0.4, -0.2) is 32.8 Å². The van der Waals surface area contributed by atoms with Crippen LogP contribution in [0.2, 0.25) is 5.02 Å². The highest BCUT2D eigenvalue weighted by atomic mass is 35.5. The van der Waals surface area contributed by atoms with Gasteiger partial charge in [-0.15, -0.1) is 0 Å². The zero-order valence-corrected chi connectivity index (χ0v) is 16.7. The molecule has 0 fully saturated rings. The van der Waals surface area contributed by atoms with E-state index in [9.17, 15) is 4.79 Å². The molecule has 28 heavy (non-hydrogen) atoms. The van der Waals surface area contributed by atoms with E-state index in [1.807, 2.05) is 12.1 Å². The lowest BCUT2D eigenvalue weighted by Gasteiger charge is -2.20. The number of fused-ring (bicyclic) bond motifs is 1. The summed E-state index contributed by atoms with van der Waals surface area (Å²) in [5, 5.41) is 5.20. The van der Waals surface area contributed by atoms with E-state index in [2.05, 4.69) is 15.1 Å². The van der Waals surface area contributed by atoms with Gasteiger partial charge >= 0.3 is 0 Å². The third kappa shape index (κ3) is 3.32. The van der Waals surface area contributed by atoms with Crippen LogP contribution in [0.25, 0.3) is 10.2 Å². The van der Waals surface area contributed by atoms with Crippen LogP contribution in [0.5, 0.6) is 5.75 Å². The van der Waals surface area contributed by atoms with Crippen molar-refractivity contribution in [2.24, 2.45) is 7.05 Å². The quantitative estimate of drug-likeness (QED) is 0.495. The minimum Gasteiger partial charge on any atom is -0.494 e. The molecule has 9 heteroatoms. The van der Waals surface area contributed by atoms with Crippen molar-refractivity contribution in [1.82, 2.24) is 19.7 Å². The van der Waals surface area contributed by atoms with E-state index in [4.69, 9.17) is 16.3 Å². The molecule has 0 unspecified atom stereocenters. The van der Waals surface area contributed by atoms with Crippen molar-refractivity contribution >= 4 is 44.2 Å². The number of benzene rings is 1. The first-order valence-corrected chi connectivity index (χ1v) is 9.59. The number of hydrogen-bond donors (Lipinski definition) is 0. The number of ether oxygens (including phenoxy) is 1. The first kappa shape index (κ1) is 18.4. The van der Waals surface area contributed by atoms with Crippen molar-refractivity contribution < 1.29 is 9.53 Å². The van der Waals surface area contributed by atoms with Crippen molar-refractivity contribution in [3.63, 3.8) is 0 Å². The third-order valence-electron chi connectivity index (χ3n) is 4.27. The predicted octanol–water partition coefficient (Wildman–Crippen LogP) is 3.93. The van der Waals surface area contributed by atoms with Gasteiger partial charge in [-0.1, -0.05) is 22.9 Å². The first-order chi connectivity index (χ1) is 13.6. The molecule has 0 N–H and O–H groups in total. The average Bonchev–Trinajstić information content (AvgIpc) is 3.34. The lowest BCUT2D eigenvalue weighted by Crippen LogP contribution is -2.31. The summed E-state index contributed by atoms with van der Waals surface area (Å²) in [5.41, 5.74) is 2.03. The van der Waals surface area contributed by atoms with Gasteiger partial charge in [-0.05, 0) is 35.9 Å². The fraction of sp³-hybridized carbons (Fsp3) is 0.158. The molecule has 1 aromatic carbocycles. The molecule has 0 saturated carbocycles. The molecule has 4 aromatic rings. The Morgan fingerprint density at radius 1 is 1.21 bits per heavy atom. The number of nitrogens with zero attached hydrogens (tertiary/aromatic N) is 5. The Hall–Kier alpha value is -2.97. The summed E-state index contributed by atoms with van der Waals surface area (Å²) in [7, 11) is 3.31. The molecule has 0 radical (unpaired) electrons. The van der Waals surface area contributed by atoms with Crippen LogP contribution in [0.3, 0.4) is 0 Å². The summed E-state index contributed by atoms with van der Waals surface area (Å²) in [6, 6.07) is 8.95. The van der Waals surface area contributed by atoms with Crippen molar-refractivity contribution in [2.75, 3.05) is 12.0 Å². The number of anilines is 1. The number of methoxy groups -OCH3 is 1. The van der Waals surface area contributed by atoms with E-state index >= 15 is 0 Å². The van der Waals surface area contributed by atoms with Gasteiger partial charge in [-0.3, -0.25) is 19.4 Å². The molecule has 0 saturated heterocycles. The second-order valence-electron chi connectivity index (χ2n) is 6.01. The fourth-order valence-electron chi connectivity index (χ4n) is 2.84. The van der Waals surface area contributed by atoms with Crippen molar-refractivity contribution in [1.29, 1.82) is 0 Å². The summed E-state index contributed by atoms with van der Waals surface area (Å²) in [5.74, 6) is 0.407. The van der Waals surface area contributed by atoms with Gasteiger partial charge in [0.1, 0.15) is 17.0 Å². The van der Waals surface area contributed by atoms with Gasteiger partial charge in [0.05, 0.1) is 23.4 Å². The minimum absolute atomic E-state index is 0.203. The number of carbonyl (C=O) groups excluding carboxylic acids is 1. The maximum Gasteiger partial charge on any atom is 0.278 e. The lowest BCUT2D eigenvalue weighted by molar-refractivity contribution is 0.0976. The topological polar surface area (TPSA) is 73.1 Å². The van der Waals surface area contributed by atoms with Crippen LogP contribution in [0.1, 0.15) is 16.1 Å². The van der Waals surface area contributed by atoms with E-state index in [1.165, 1.54) is 11.3 Å². The van der Waals surface area contributed by atoms with Crippen LogP contribution in [0, 0.1) is 0 Å². The number of amides is 1. The van der Waals surface area contributed by atoms with Crippen molar-refractivity contribution in [3.05, 3.63) is 65.2 Å². The smallest absolute Gasteiger partial charge is 0.278 e. The van der Waals surface area contributed by atoms with E-state index in [-0.39, 0.29) is 5.91 Å². The Morgan fingerprint density at radius 3 is 2.68 bits per heavy atom. The number of halogens is 1. The number of thiazole rings is 1. The molecule has 0 bridgehead atoms. The first-order valence-electron chi connectivity index (χ1n) is 8.40. The normalized spacial score (nSPS) is 11.0. The summed E-state index contributed by atoms with van der Waals surface area (Å²) in [4.78, 5) is 23.6. The summed E-state index contributed by atoms with van der Waals surface area (Å²) >= 11 is 7.71. The number of rotatable bonds is 5. The second kappa shape index (κ2) is 7.57. The van der Waals surface area contributed by atoms with Crippen LogP contribution >= 0.6 is 22.9 Å². The minimum atomic E-state index is -0.203. The molecule has 0 aliphatic carbocycles. The maximum atomic E-state index is 13.3. The van der Waals surface area contributed by atoms with Crippen LogP contribution in [0.4, 0.5) is 5.13 Å². The Bertz CT molecular complexity index is 1140. The highest BCUT2D eigenvalue weighted by Gasteiger charge is 2.25. The zero-order chi connectivity index (χ0) is 19.7. The third-order valence-corrected chi connectivity index (χ3v) is 5.81. The lowest BCUT2D eigenvalue weighted by atomic mass is 10.2. The molecule has 0 aliphatic rings. The SMILES string of the molecule is COc1ccc(Cl)c2sc(N(Cc3ccncc3)C(=O)c3ccnn3C)nc12. The van der Waals surface area contributed by atoms with Crippen LogP contribution in [0.15, 0.2) is 48.9 Å². The van der Waals surface area contributed by atoms with Gasteiger partial charge in [0.25, 0.3) is 5.91 Å². The van der Waals surface area contributed by atoms with E-state index < -0.39 is 0 Å². The average molecular weight is 414 g/mol. The number of aryl methyl sites for hydroxylation is 1. The molecule has 0 atom stereocenters. The van der Waals surface area contributed by atoms with Crippen molar-refractivity contribution in [3.8, 4) is 5.75 Å². The van der Waals surface area contributed by atoms with Gasteiger partial charge in [-0.25, -0.2) is 4.98 Å². The molecule has 142 valence electrons. The molecular weight excluding hydrogens is 398 g/mol. The highest BCUT2D eigenvalue weighted by molar-refractivity contribution is 7.23. The molecule has 0 aliphatic heterocycles. The molecule has 4 rings (SSSR count). The zero-order valence-electron chi connectivity index (χ0n) is 15.2. The van der Waals surface area contributed by atoms with Crippen molar-refractivity contribution in [2.45, 2.75) is 6.54 Å². The molecule has 7 nitrogen and oxygen atoms in total. The van der Waals surface area contributed by atoms with Crippen LogP contribution < -0.4 is 9.64 Å². The van der Waals surface area contributed by atoms with Gasteiger partial charge in [0.15, 0.2) is 5.13 Å². The fourth-order valence-corrected chi connectivity index (χ4v) is 4.09. The number of hydrogen-bond acceptors (Lipinski definition) is 6. The standard InChI is InChI=1S/C19H16ClN5O2S/c1-24-14(7-10-22-24)18(26)25(11-12-5-8-21-9-6-12)19-23-16-15(27-2)4-3-13(20)17(16)28-19/h3-10H,11H2,1-2H3. The summed E-state index contributed by atoms with van der Waals surface area (Å²) < 4.78 is 7.72. The molecular formula is C19H16ClN5O2S. The van der Waals surface area contributed by atoms with Gasteiger partial charge < -0.3 is 4.74 Å². The van der Waals surface area contributed by atoms with Gasteiger partial charge in [0.2, 0.25) is 0 Å². The Balaban J connectivity index is 1.83. The van der Waals surface area contributed by atoms with Gasteiger partial charge in [0, 0.05) is 25.6 Å². The molecule has 3 heterocycles. The Labute approximate surface area is 170 Å². The van der Waals surface area contributed by atoms with E-state index in [0.717, 1.165) is 10.3 Å². The monoisotopic (exact) mass is 413 g/mol. The highest BCUT2D eigenvalue weighted by Crippen LogP contribution is 2.39. The molecule has 0 spiro atoms. The summed E-state index contributed by atoms with van der Waals surface area (Å²) in [6.07, 6.45) is 4.98. The Kier molecular flexibility index (Phi) is 4.97. The molecule has 1 amide bonds. The number of aromatic nitrogens is 4. The largest absolute Gasteiger partial charge is 0.494 e. The number of pyridine rings is 1. The second-order valence-corrected chi connectivity index (χ2v) is 7.40.